The summed E-state index contributed by atoms with van der Waals surface area (Å²) in [6.07, 6.45) is 0. The van der Waals surface area contributed by atoms with Crippen LogP contribution < -0.4 is 10.3 Å². The number of carbonyl (C=O) groups is 1. The van der Waals surface area contributed by atoms with Crippen molar-refractivity contribution in [2.75, 3.05) is 5.75 Å². The SMILES string of the molecule is Cc1c(OCc2ccc(C(=O)c3ccc(Cl)cc3)cc2)nc2n(c1=O)CCS2. The lowest BCUT2D eigenvalue weighted by atomic mass is 10.0. The molecule has 0 spiro atoms. The van der Waals surface area contributed by atoms with Gasteiger partial charge in [-0.15, -0.1) is 0 Å². The topological polar surface area (TPSA) is 61.2 Å². The van der Waals surface area contributed by atoms with Crippen molar-refractivity contribution in [3.05, 3.63) is 86.2 Å². The highest BCUT2D eigenvalue weighted by atomic mass is 35.5. The van der Waals surface area contributed by atoms with Crippen molar-refractivity contribution in [3.63, 3.8) is 0 Å². The van der Waals surface area contributed by atoms with Crippen LogP contribution in [0.4, 0.5) is 0 Å². The largest absolute Gasteiger partial charge is 0.472 e. The Morgan fingerprint density at radius 2 is 1.79 bits per heavy atom. The second kappa shape index (κ2) is 7.81. The number of ether oxygens (including phenoxy) is 1. The average Bonchev–Trinajstić information content (AvgIpc) is 3.19. The third-order valence-electron chi connectivity index (χ3n) is 4.56. The fourth-order valence-corrected chi connectivity index (χ4v) is 4.02. The number of benzene rings is 2. The lowest BCUT2D eigenvalue weighted by Gasteiger charge is -2.10. The van der Waals surface area contributed by atoms with Gasteiger partial charge in [0, 0.05) is 28.4 Å². The summed E-state index contributed by atoms with van der Waals surface area (Å²) < 4.78 is 7.47. The van der Waals surface area contributed by atoms with Gasteiger partial charge in [0.1, 0.15) is 6.61 Å². The second-order valence-electron chi connectivity index (χ2n) is 6.45. The van der Waals surface area contributed by atoms with Gasteiger partial charge < -0.3 is 4.74 Å². The lowest BCUT2D eigenvalue weighted by Crippen LogP contribution is -2.23. The van der Waals surface area contributed by atoms with E-state index < -0.39 is 0 Å². The standard InChI is InChI=1S/C21H17ClN2O3S/c1-13-19(23-21-24(20(13)26)10-11-28-21)27-12-14-2-4-15(5-3-14)18(25)16-6-8-17(22)9-7-16/h2-9H,10-12H2,1H3. The zero-order chi connectivity index (χ0) is 19.7. The van der Waals surface area contributed by atoms with Crippen molar-refractivity contribution >= 4 is 29.1 Å². The number of ketones is 1. The Balaban J connectivity index is 1.47. The summed E-state index contributed by atoms with van der Waals surface area (Å²) >= 11 is 7.42. The van der Waals surface area contributed by atoms with Gasteiger partial charge in [-0.1, -0.05) is 47.6 Å². The fraction of sp³-hybridized carbons (Fsp3) is 0.190. The molecule has 3 aromatic rings. The van der Waals surface area contributed by atoms with Gasteiger partial charge in [0.05, 0.1) is 5.56 Å². The van der Waals surface area contributed by atoms with Crippen molar-refractivity contribution < 1.29 is 9.53 Å². The summed E-state index contributed by atoms with van der Waals surface area (Å²) in [6, 6.07) is 14.0. The first-order chi connectivity index (χ1) is 13.5. The van der Waals surface area contributed by atoms with E-state index in [9.17, 15) is 9.59 Å². The Labute approximate surface area is 171 Å². The van der Waals surface area contributed by atoms with Crippen molar-refractivity contribution in [2.24, 2.45) is 0 Å². The highest BCUT2D eigenvalue weighted by molar-refractivity contribution is 7.99. The van der Waals surface area contributed by atoms with E-state index in [-0.39, 0.29) is 17.9 Å². The van der Waals surface area contributed by atoms with Crippen LogP contribution in [0.5, 0.6) is 5.88 Å². The minimum atomic E-state index is -0.0645. The molecule has 4 rings (SSSR count). The third-order valence-corrected chi connectivity index (χ3v) is 5.77. The summed E-state index contributed by atoms with van der Waals surface area (Å²) in [4.78, 5) is 29.3. The summed E-state index contributed by atoms with van der Waals surface area (Å²) in [5.74, 6) is 1.16. The first kappa shape index (κ1) is 18.8. The van der Waals surface area contributed by atoms with Gasteiger partial charge in [-0.05, 0) is 36.8 Å². The predicted octanol–water partition coefficient (Wildman–Crippen LogP) is 4.12. The van der Waals surface area contributed by atoms with E-state index in [0.29, 0.717) is 39.3 Å². The molecular weight excluding hydrogens is 396 g/mol. The number of carbonyl (C=O) groups excluding carboxylic acids is 1. The van der Waals surface area contributed by atoms with E-state index >= 15 is 0 Å². The monoisotopic (exact) mass is 412 g/mol. The normalized spacial score (nSPS) is 12.6. The quantitative estimate of drug-likeness (QED) is 0.466. The first-order valence-corrected chi connectivity index (χ1v) is 10.2. The average molecular weight is 413 g/mol. The fourth-order valence-electron chi connectivity index (χ4n) is 2.96. The van der Waals surface area contributed by atoms with Crippen LogP contribution in [0.1, 0.15) is 27.0 Å². The molecule has 7 heteroatoms. The van der Waals surface area contributed by atoms with Gasteiger partial charge in [-0.25, -0.2) is 0 Å². The molecule has 0 unspecified atom stereocenters. The molecule has 28 heavy (non-hydrogen) atoms. The summed E-state index contributed by atoms with van der Waals surface area (Å²) in [7, 11) is 0. The van der Waals surface area contributed by atoms with Crippen LogP contribution in [-0.2, 0) is 13.2 Å². The van der Waals surface area contributed by atoms with Crippen molar-refractivity contribution in [3.8, 4) is 5.88 Å². The molecule has 0 N–H and O–H groups in total. The molecule has 1 aromatic heterocycles. The van der Waals surface area contributed by atoms with Crippen LogP contribution in [0.15, 0.2) is 58.5 Å². The van der Waals surface area contributed by atoms with Crippen LogP contribution >= 0.6 is 23.4 Å². The van der Waals surface area contributed by atoms with E-state index in [1.54, 1.807) is 59.7 Å². The van der Waals surface area contributed by atoms with Gasteiger partial charge in [-0.3, -0.25) is 14.2 Å². The Hall–Kier alpha value is -2.57. The Morgan fingerprint density at radius 3 is 2.46 bits per heavy atom. The van der Waals surface area contributed by atoms with Gasteiger partial charge in [0.25, 0.3) is 5.56 Å². The number of halogens is 1. The van der Waals surface area contributed by atoms with E-state index in [0.717, 1.165) is 11.3 Å². The first-order valence-electron chi connectivity index (χ1n) is 8.79. The maximum atomic E-state index is 12.5. The summed E-state index contributed by atoms with van der Waals surface area (Å²) in [5.41, 5.74) is 2.54. The molecule has 1 aliphatic rings. The van der Waals surface area contributed by atoms with Gasteiger partial charge >= 0.3 is 0 Å². The van der Waals surface area contributed by atoms with Gasteiger partial charge in [-0.2, -0.15) is 4.98 Å². The van der Waals surface area contributed by atoms with Crippen LogP contribution in [0, 0.1) is 6.92 Å². The predicted molar refractivity (Wildman–Crippen MR) is 110 cm³/mol. The Kier molecular flexibility index (Phi) is 5.24. The van der Waals surface area contributed by atoms with E-state index in [4.69, 9.17) is 16.3 Å². The zero-order valence-corrected chi connectivity index (χ0v) is 16.7. The number of fused-ring (bicyclic) bond motifs is 1. The number of thioether (sulfide) groups is 1. The van der Waals surface area contributed by atoms with Gasteiger partial charge in [0.2, 0.25) is 5.88 Å². The highest BCUT2D eigenvalue weighted by Crippen LogP contribution is 2.25. The molecule has 142 valence electrons. The van der Waals surface area contributed by atoms with Crippen molar-refractivity contribution in [1.29, 1.82) is 0 Å². The molecule has 0 atom stereocenters. The maximum absolute atomic E-state index is 12.5. The number of hydrogen-bond donors (Lipinski definition) is 0. The molecule has 0 aliphatic carbocycles. The Morgan fingerprint density at radius 1 is 1.14 bits per heavy atom. The molecule has 0 saturated heterocycles. The van der Waals surface area contributed by atoms with E-state index in [1.165, 1.54) is 0 Å². The van der Waals surface area contributed by atoms with Gasteiger partial charge in [0.15, 0.2) is 10.9 Å². The molecule has 2 aromatic carbocycles. The lowest BCUT2D eigenvalue weighted by molar-refractivity contribution is 0.103. The van der Waals surface area contributed by atoms with Crippen LogP contribution in [-0.4, -0.2) is 21.1 Å². The summed E-state index contributed by atoms with van der Waals surface area (Å²) in [5, 5.41) is 1.30. The smallest absolute Gasteiger partial charge is 0.260 e. The van der Waals surface area contributed by atoms with Crippen LogP contribution in [0.3, 0.4) is 0 Å². The minimum absolute atomic E-state index is 0.0473. The number of hydrogen-bond acceptors (Lipinski definition) is 5. The molecule has 0 bridgehead atoms. The molecule has 2 heterocycles. The molecule has 0 amide bonds. The van der Waals surface area contributed by atoms with Crippen molar-refractivity contribution in [2.45, 2.75) is 25.2 Å². The molecule has 0 saturated carbocycles. The number of nitrogens with zero attached hydrogens (tertiary/aromatic N) is 2. The third kappa shape index (κ3) is 3.70. The van der Waals surface area contributed by atoms with E-state index in [1.807, 2.05) is 12.1 Å². The molecule has 0 radical (unpaired) electrons. The molecule has 5 nitrogen and oxygen atoms in total. The Bertz CT molecular complexity index is 1090. The second-order valence-corrected chi connectivity index (χ2v) is 7.95. The maximum Gasteiger partial charge on any atom is 0.260 e. The number of rotatable bonds is 5. The highest BCUT2D eigenvalue weighted by Gasteiger charge is 2.19. The molecule has 0 fully saturated rings. The van der Waals surface area contributed by atoms with Crippen LogP contribution in [0.25, 0.3) is 0 Å². The van der Waals surface area contributed by atoms with Crippen LogP contribution in [0.2, 0.25) is 5.02 Å². The minimum Gasteiger partial charge on any atom is -0.472 e. The number of aromatic nitrogens is 2. The zero-order valence-electron chi connectivity index (χ0n) is 15.1. The van der Waals surface area contributed by atoms with E-state index in [2.05, 4.69) is 4.98 Å². The van der Waals surface area contributed by atoms with Crippen molar-refractivity contribution in [1.82, 2.24) is 9.55 Å². The molecule has 1 aliphatic heterocycles. The molecular formula is C21H17ClN2O3S. The summed E-state index contributed by atoms with van der Waals surface area (Å²) in [6.45, 7) is 2.70.